The van der Waals surface area contributed by atoms with Crippen LogP contribution in [0, 0.1) is 0 Å². The van der Waals surface area contributed by atoms with Crippen LogP contribution < -0.4 is 0 Å². The molecule has 0 amide bonds. The molecule has 1 aromatic heterocycles. The predicted molar refractivity (Wildman–Crippen MR) is 113 cm³/mol. The van der Waals surface area contributed by atoms with Crippen LogP contribution in [-0.2, 0) is 29.7 Å². The third-order valence-corrected chi connectivity index (χ3v) is 6.54. The third kappa shape index (κ3) is 4.27. The van der Waals surface area contributed by atoms with Crippen molar-refractivity contribution in [1.82, 2.24) is 18.8 Å². The predicted octanol–water partition coefficient (Wildman–Crippen LogP) is 3.33. The first-order chi connectivity index (χ1) is 13.3. The van der Waals surface area contributed by atoms with Crippen LogP contribution >= 0.6 is 0 Å². The van der Waals surface area contributed by atoms with Gasteiger partial charge in [-0.15, -0.1) is 0 Å². The summed E-state index contributed by atoms with van der Waals surface area (Å²) < 4.78 is 28.3. The summed E-state index contributed by atoms with van der Waals surface area (Å²) in [5.74, 6) is 0.953. The van der Waals surface area contributed by atoms with Crippen LogP contribution in [-0.4, -0.2) is 48.3 Å². The first-order valence-corrected chi connectivity index (χ1v) is 10.9. The molecule has 0 saturated carbocycles. The Labute approximate surface area is 167 Å². The van der Waals surface area contributed by atoms with E-state index in [0.29, 0.717) is 6.54 Å². The average molecular weight is 401 g/mol. The highest BCUT2D eigenvalue weighted by atomic mass is 32.2. The highest BCUT2D eigenvalue weighted by Crippen LogP contribution is 2.23. The second-order valence-corrected chi connectivity index (χ2v) is 9.43. The number of sulfonamides is 1. The number of hydrogen-bond donors (Lipinski definition) is 0. The summed E-state index contributed by atoms with van der Waals surface area (Å²) >= 11 is 0. The molecular formula is C21H28N4O2S. The number of hydrogen-bond acceptors (Lipinski definition) is 4. The van der Waals surface area contributed by atoms with Gasteiger partial charge in [-0.2, -0.15) is 0 Å². The number of fused-ring (bicyclic) bond motifs is 1. The Morgan fingerprint density at radius 3 is 2.36 bits per heavy atom. The number of rotatable bonds is 8. The number of imidazole rings is 1. The summed E-state index contributed by atoms with van der Waals surface area (Å²) in [7, 11) is 1.68. The maximum absolute atomic E-state index is 12.5. The molecule has 0 unspecified atom stereocenters. The van der Waals surface area contributed by atoms with E-state index in [1.807, 2.05) is 24.3 Å². The topological polar surface area (TPSA) is 58.4 Å². The molecule has 0 saturated heterocycles. The van der Waals surface area contributed by atoms with Crippen molar-refractivity contribution in [2.75, 3.05) is 21.1 Å². The molecule has 28 heavy (non-hydrogen) atoms. The maximum Gasteiger partial charge on any atom is 0.242 e. The molecule has 6 nitrogen and oxygen atoms in total. The molecule has 3 rings (SSSR count). The van der Waals surface area contributed by atoms with Crippen LogP contribution in [0.4, 0.5) is 0 Å². The minimum absolute atomic E-state index is 0.273. The lowest BCUT2D eigenvalue weighted by Crippen LogP contribution is -2.22. The summed E-state index contributed by atoms with van der Waals surface area (Å²) in [4.78, 5) is 7.28. The zero-order valence-corrected chi connectivity index (χ0v) is 17.8. The first kappa shape index (κ1) is 20.5. The smallest absolute Gasteiger partial charge is 0.242 e. The molecule has 0 aliphatic rings. The van der Waals surface area contributed by atoms with Gasteiger partial charge in [0.25, 0.3) is 0 Å². The molecule has 0 atom stereocenters. The Balaban J connectivity index is 1.93. The Morgan fingerprint density at radius 2 is 1.71 bits per heavy atom. The standard InChI is InChI=1S/C21H28N4O2S/c1-5-13-25-20-12-11-18(28(26,27)23(2)3)14-19(20)22-21(25)16-24(4)15-17-9-7-6-8-10-17/h6-12,14H,5,13,15-16H2,1-4H3. The Morgan fingerprint density at radius 1 is 1.00 bits per heavy atom. The molecule has 1 heterocycles. The van der Waals surface area contributed by atoms with Crippen molar-refractivity contribution in [1.29, 1.82) is 0 Å². The summed E-state index contributed by atoms with van der Waals surface area (Å²) in [5, 5.41) is 0. The molecule has 0 aliphatic carbocycles. The molecule has 0 aliphatic heterocycles. The van der Waals surface area contributed by atoms with E-state index in [1.165, 1.54) is 9.87 Å². The van der Waals surface area contributed by atoms with E-state index in [9.17, 15) is 8.42 Å². The SMILES string of the molecule is CCCn1c(CN(C)Cc2ccccc2)nc2cc(S(=O)(=O)N(C)C)ccc21. The van der Waals surface area contributed by atoms with Gasteiger partial charge in [-0.05, 0) is 37.2 Å². The van der Waals surface area contributed by atoms with E-state index < -0.39 is 10.0 Å². The van der Waals surface area contributed by atoms with Gasteiger partial charge < -0.3 is 4.57 Å². The number of aryl methyl sites for hydroxylation is 1. The van der Waals surface area contributed by atoms with Gasteiger partial charge in [0.05, 0.1) is 22.5 Å². The third-order valence-electron chi connectivity index (χ3n) is 4.73. The molecule has 0 N–H and O–H groups in total. The van der Waals surface area contributed by atoms with Gasteiger partial charge in [-0.1, -0.05) is 37.3 Å². The van der Waals surface area contributed by atoms with Crippen LogP contribution in [0.25, 0.3) is 11.0 Å². The largest absolute Gasteiger partial charge is 0.327 e. The van der Waals surface area contributed by atoms with Crippen molar-refractivity contribution < 1.29 is 8.42 Å². The quantitative estimate of drug-likeness (QED) is 0.582. The van der Waals surface area contributed by atoms with Crippen molar-refractivity contribution in [2.24, 2.45) is 0 Å². The van der Waals surface area contributed by atoms with E-state index in [-0.39, 0.29) is 4.90 Å². The number of benzene rings is 2. The van der Waals surface area contributed by atoms with Crippen LogP contribution in [0.3, 0.4) is 0 Å². The molecule has 0 radical (unpaired) electrons. The molecule has 150 valence electrons. The summed E-state index contributed by atoms with van der Waals surface area (Å²) in [6.45, 7) is 4.51. The fourth-order valence-corrected chi connectivity index (χ4v) is 4.24. The van der Waals surface area contributed by atoms with Crippen molar-refractivity contribution in [2.45, 2.75) is 37.9 Å². The van der Waals surface area contributed by atoms with Crippen LogP contribution in [0.5, 0.6) is 0 Å². The van der Waals surface area contributed by atoms with Crippen LogP contribution in [0.15, 0.2) is 53.4 Å². The molecule has 0 spiro atoms. The zero-order valence-electron chi connectivity index (χ0n) is 17.0. The highest BCUT2D eigenvalue weighted by Gasteiger charge is 2.20. The van der Waals surface area contributed by atoms with Gasteiger partial charge in [-0.3, -0.25) is 4.90 Å². The van der Waals surface area contributed by atoms with Gasteiger partial charge in [0.1, 0.15) is 5.82 Å². The molecule has 3 aromatic rings. The van der Waals surface area contributed by atoms with Gasteiger partial charge in [-0.25, -0.2) is 17.7 Å². The van der Waals surface area contributed by atoms with Gasteiger partial charge in [0, 0.05) is 27.2 Å². The van der Waals surface area contributed by atoms with Crippen molar-refractivity contribution in [3.05, 3.63) is 59.9 Å². The maximum atomic E-state index is 12.5. The lowest BCUT2D eigenvalue weighted by Gasteiger charge is -2.17. The fourth-order valence-electron chi connectivity index (χ4n) is 3.32. The monoisotopic (exact) mass is 400 g/mol. The van der Waals surface area contributed by atoms with Gasteiger partial charge >= 0.3 is 0 Å². The molecule has 7 heteroatoms. The molecule has 2 aromatic carbocycles. The lowest BCUT2D eigenvalue weighted by molar-refractivity contribution is 0.305. The van der Waals surface area contributed by atoms with E-state index in [4.69, 9.17) is 4.98 Å². The highest BCUT2D eigenvalue weighted by molar-refractivity contribution is 7.89. The Hall–Kier alpha value is -2.22. The van der Waals surface area contributed by atoms with Crippen molar-refractivity contribution >= 4 is 21.1 Å². The van der Waals surface area contributed by atoms with E-state index in [0.717, 1.165) is 36.4 Å². The second kappa shape index (κ2) is 8.43. The fraction of sp³-hybridized carbons (Fsp3) is 0.381. The van der Waals surface area contributed by atoms with E-state index in [2.05, 4.69) is 35.6 Å². The summed E-state index contributed by atoms with van der Waals surface area (Å²) in [5.41, 5.74) is 2.95. The van der Waals surface area contributed by atoms with Crippen LogP contribution in [0.1, 0.15) is 24.7 Å². The van der Waals surface area contributed by atoms with Gasteiger partial charge in [0.2, 0.25) is 10.0 Å². The first-order valence-electron chi connectivity index (χ1n) is 9.47. The van der Waals surface area contributed by atoms with E-state index >= 15 is 0 Å². The van der Waals surface area contributed by atoms with Crippen molar-refractivity contribution in [3.8, 4) is 0 Å². The lowest BCUT2D eigenvalue weighted by atomic mass is 10.2. The van der Waals surface area contributed by atoms with Crippen LogP contribution in [0.2, 0.25) is 0 Å². The number of nitrogens with zero attached hydrogens (tertiary/aromatic N) is 4. The zero-order chi connectivity index (χ0) is 20.3. The Kier molecular flexibility index (Phi) is 6.17. The number of aromatic nitrogens is 2. The summed E-state index contributed by atoms with van der Waals surface area (Å²) in [6.07, 6.45) is 0.985. The minimum Gasteiger partial charge on any atom is -0.327 e. The average Bonchev–Trinajstić information content (AvgIpc) is 2.99. The second-order valence-electron chi connectivity index (χ2n) is 7.28. The normalized spacial score (nSPS) is 12.4. The van der Waals surface area contributed by atoms with Crippen molar-refractivity contribution in [3.63, 3.8) is 0 Å². The Bertz CT molecular complexity index is 1040. The molecule has 0 fully saturated rings. The molecular weight excluding hydrogens is 372 g/mol. The molecule has 0 bridgehead atoms. The van der Waals surface area contributed by atoms with E-state index in [1.54, 1.807) is 26.2 Å². The summed E-state index contributed by atoms with van der Waals surface area (Å²) in [6, 6.07) is 15.6. The minimum atomic E-state index is -3.47. The van der Waals surface area contributed by atoms with Gasteiger partial charge in [0.15, 0.2) is 0 Å².